The van der Waals surface area contributed by atoms with Crippen molar-refractivity contribution >= 4 is 0 Å². The van der Waals surface area contributed by atoms with Gasteiger partial charge in [0.2, 0.25) is 6.79 Å². The van der Waals surface area contributed by atoms with E-state index in [2.05, 4.69) is 25.3 Å². The minimum atomic E-state index is -0.351. The summed E-state index contributed by atoms with van der Waals surface area (Å²) < 4.78 is 27.8. The van der Waals surface area contributed by atoms with Crippen molar-refractivity contribution in [3.8, 4) is 11.5 Å². The second-order valence-electron chi connectivity index (χ2n) is 9.32. The lowest BCUT2D eigenvalue weighted by atomic mass is 10.0. The molecule has 6 rings (SSSR count). The summed E-state index contributed by atoms with van der Waals surface area (Å²) in [5.41, 5.74) is 1.61. The summed E-state index contributed by atoms with van der Waals surface area (Å²) in [4.78, 5) is 4.93. The molecule has 3 aliphatic rings. The molecular weight excluding hydrogens is 435 g/mol. The first kappa shape index (κ1) is 21.5. The van der Waals surface area contributed by atoms with Crippen LogP contribution in [0.2, 0.25) is 0 Å². The Morgan fingerprint density at radius 1 is 0.971 bits per heavy atom. The van der Waals surface area contributed by atoms with Crippen LogP contribution >= 0.6 is 0 Å². The number of aromatic nitrogens is 4. The van der Waals surface area contributed by atoms with Crippen molar-refractivity contribution in [3.63, 3.8) is 0 Å². The molecular formula is C25H29FN6O2. The van der Waals surface area contributed by atoms with Crippen molar-refractivity contribution in [2.75, 3.05) is 33.0 Å². The smallest absolute Gasteiger partial charge is 0.231 e. The molecule has 34 heavy (non-hydrogen) atoms. The summed E-state index contributed by atoms with van der Waals surface area (Å²) in [6.45, 7) is 4.38. The predicted octanol–water partition coefficient (Wildman–Crippen LogP) is 3.24. The van der Waals surface area contributed by atoms with E-state index >= 15 is 4.39 Å². The van der Waals surface area contributed by atoms with Crippen molar-refractivity contribution in [2.45, 2.75) is 44.3 Å². The van der Waals surface area contributed by atoms with Gasteiger partial charge >= 0.3 is 0 Å². The number of halogens is 1. The van der Waals surface area contributed by atoms with E-state index in [1.807, 2.05) is 30.3 Å². The summed E-state index contributed by atoms with van der Waals surface area (Å²) in [5, 5.41) is 12.7. The van der Waals surface area contributed by atoms with Crippen LogP contribution in [0.1, 0.15) is 48.7 Å². The second-order valence-corrected chi connectivity index (χ2v) is 9.32. The van der Waals surface area contributed by atoms with E-state index in [9.17, 15) is 0 Å². The van der Waals surface area contributed by atoms with Gasteiger partial charge in [-0.05, 0) is 47.0 Å². The summed E-state index contributed by atoms with van der Waals surface area (Å²) in [6, 6.07) is 13.2. The zero-order chi connectivity index (χ0) is 22.9. The molecule has 178 valence electrons. The number of rotatable bonds is 6. The Bertz CT molecular complexity index is 1140. The van der Waals surface area contributed by atoms with E-state index in [1.165, 1.54) is 31.7 Å². The van der Waals surface area contributed by atoms with Crippen molar-refractivity contribution < 1.29 is 13.9 Å². The minimum Gasteiger partial charge on any atom is -0.454 e. The molecule has 0 unspecified atom stereocenters. The van der Waals surface area contributed by atoms with Gasteiger partial charge in [0.25, 0.3) is 0 Å². The maximum atomic E-state index is 15.1. The Labute approximate surface area is 198 Å². The fourth-order valence-electron chi connectivity index (χ4n) is 5.56. The van der Waals surface area contributed by atoms with E-state index in [0.29, 0.717) is 24.0 Å². The van der Waals surface area contributed by atoms with Crippen LogP contribution in [0.15, 0.2) is 42.5 Å². The van der Waals surface area contributed by atoms with Crippen LogP contribution in [0.5, 0.6) is 11.5 Å². The molecule has 8 nitrogen and oxygen atoms in total. The summed E-state index contributed by atoms with van der Waals surface area (Å²) in [5.74, 6) is 1.88. The molecule has 0 radical (unpaired) electrons. The van der Waals surface area contributed by atoms with Gasteiger partial charge in [0.05, 0.1) is 6.54 Å². The molecule has 1 atom stereocenters. The van der Waals surface area contributed by atoms with Gasteiger partial charge in [-0.25, -0.2) is 9.07 Å². The molecule has 2 aliphatic heterocycles. The topological polar surface area (TPSA) is 68.5 Å². The average Bonchev–Trinajstić information content (AvgIpc) is 3.64. The van der Waals surface area contributed by atoms with Crippen LogP contribution < -0.4 is 9.47 Å². The summed E-state index contributed by atoms with van der Waals surface area (Å²) >= 11 is 0. The molecule has 1 saturated carbocycles. The standard InChI is InChI=1S/C25H29FN6O2/c26-21-8-4-3-7-20(21)24(31-13-11-30(12-14-31)19-5-1-2-6-19)25-27-28-29-32(25)16-18-9-10-22-23(15-18)34-17-33-22/h3-4,7-10,15,19,24H,1-2,5-6,11-14,16-17H2/t24-/m0/s1. The van der Waals surface area contributed by atoms with Crippen LogP contribution in [0.3, 0.4) is 0 Å². The number of hydrogen-bond donors (Lipinski definition) is 0. The van der Waals surface area contributed by atoms with Gasteiger partial charge in [0, 0.05) is 37.8 Å². The van der Waals surface area contributed by atoms with E-state index in [-0.39, 0.29) is 18.7 Å². The average molecular weight is 465 g/mol. The van der Waals surface area contributed by atoms with Crippen molar-refractivity contribution in [2.24, 2.45) is 0 Å². The lowest BCUT2D eigenvalue weighted by Gasteiger charge is -2.41. The Kier molecular flexibility index (Phi) is 5.88. The summed E-state index contributed by atoms with van der Waals surface area (Å²) in [6.07, 6.45) is 5.25. The highest BCUT2D eigenvalue weighted by molar-refractivity contribution is 5.44. The van der Waals surface area contributed by atoms with Gasteiger partial charge in [0.15, 0.2) is 17.3 Å². The number of tetrazole rings is 1. The van der Waals surface area contributed by atoms with Gasteiger partial charge < -0.3 is 9.47 Å². The number of ether oxygens (including phenoxy) is 2. The van der Waals surface area contributed by atoms with Crippen molar-refractivity contribution in [3.05, 3.63) is 65.2 Å². The zero-order valence-electron chi connectivity index (χ0n) is 19.1. The minimum absolute atomic E-state index is 0.233. The Morgan fingerprint density at radius 3 is 2.59 bits per heavy atom. The number of hydrogen-bond acceptors (Lipinski definition) is 7. The van der Waals surface area contributed by atoms with Crippen LogP contribution in [0.25, 0.3) is 0 Å². The molecule has 1 aliphatic carbocycles. The van der Waals surface area contributed by atoms with Gasteiger partial charge in [-0.15, -0.1) is 5.10 Å². The molecule has 2 fully saturated rings. The molecule has 3 heterocycles. The number of benzene rings is 2. The Hall–Kier alpha value is -3.04. The number of piperazine rings is 1. The van der Waals surface area contributed by atoms with Gasteiger partial charge in [-0.3, -0.25) is 9.80 Å². The van der Waals surface area contributed by atoms with Crippen molar-refractivity contribution in [1.29, 1.82) is 0 Å². The second kappa shape index (κ2) is 9.31. The maximum absolute atomic E-state index is 15.1. The molecule has 0 N–H and O–H groups in total. The van der Waals surface area contributed by atoms with E-state index in [4.69, 9.17) is 9.47 Å². The monoisotopic (exact) mass is 464 g/mol. The molecule has 3 aromatic rings. The van der Waals surface area contributed by atoms with E-state index in [0.717, 1.165) is 43.2 Å². The molecule has 1 aromatic heterocycles. The fraction of sp³-hybridized carbons (Fsp3) is 0.480. The number of nitrogens with zero attached hydrogens (tertiary/aromatic N) is 6. The number of fused-ring (bicyclic) bond motifs is 1. The van der Waals surface area contributed by atoms with Crippen LogP contribution in [-0.4, -0.2) is 69.0 Å². The Balaban J connectivity index is 1.28. The van der Waals surface area contributed by atoms with Gasteiger partial charge in [0.1, 0.15) is 11.9 Å². The highest BCUT2D eigenvalue weighted by atomic mass is 19.1. The molecule has 1 saturated heterocycles. The summed E-state index contributed by atoms with van der Waals surface area (Å²) in [7, 11) is 0. The van der Waals surface area contributed by atoms with Crippen LogP contribution in [-0.2, 0) is 6.54 Å². The third-order valence-corrected chi connectivity index (χ3v) is 7.33. The lowest BCUT2D eigenvalue weighted by Crippen LogP contribution is -2.51. The highest BCUT2D eigenvalue weighted by Gasteiger charge is 2.34. The van der Waals surface area contributed by atoms with Gasteiger partial charge in [-0.1, -0.05) is 37.1 Å². The van der Waals surface area contributed by atoms with Crippen LogP contribution in [0.4, 0.5) is 4.39 Å². The molecule has 0 spiro atoms. The first-order valence-corrected chi connectivity index (χ1v) is 12.1. The van der Waals surface area contributed by atoms with Crippen LogP contribution in [0, 0.1) is 5.82 Å². The SMILES string of the molecule is Fc1ccccc1[C@@H](c1nnnn1Cc1ccc2c(c1)OCO2)N1CCN(C2CCCC2)CC1. The van der Waals surface area contributed by atoms with E-state index < -0.39 is 0 Å². The van der Waals surface area contributed by atoms with Gasteiger partial charge in [-0.2, -0.15) is 0 Å². The quantitative estimate of drug-likeness (QED) is 0.555. The molecule has 9 heteroatoms. The lowest BCUT2D eigenvalue weighted by molar-refractivity contribution is 0.0762. The zero-order valence-corrected chi connectivity index (χ0v) is 19.1. The third kappa shape index (κ3) is 4.14. The molecule has 0 amide bonds. The fourth-order valence-corrected chi connectivity index (χ4v) is 5.56. The molecule has 0 bridgehead atoms. The predicted molar refractivity (Wildman–Crippen MR) is 123 cm³/mol. The third-order valence-electron chi connectivity index (χ3n) is 7.33. The molecule has 2 aromatic carbocycles. The largest absolute Gasteiger partial charge is 0.454 e. The maximum Gasteiger partial charge on any atom is 0.231 e. The first-order chi connectivity index (χ1) is 16.8. The van der Waals surface area contributed by atoms with Crippen molar-refractivity contribution in [1.82, 2.24) is 30.0 Å². The van der Waals surface area contributed by atoms with E-state index in [1.54, 1.807) is 10.7 Å². The highest BCUT2D eigenvalue weighted by Crippen LogP contribution is 2.34. The first-order valence-electron chi connectivity index (χ1n) is 12.1. The Morgan fingerprint density at radius 2 is 1.76 bits per heavy atom. The normalized spacial score (nSPS) is 20.1.